The summed E-state index contributed by atoms with van der Waals surface area (Å²) in [5, 5.41) is 3.33. The first-order chi connectivity index (χ1) is 12.4. The summed E-state index contributed by atoms with van der Waals surface area (Å²) in [6.45, 7) is 8.46. The van der Waals surface area contributed by atoms with Gasteiger partial charge in [-0.2, -0.15) is 0 Å². The number of carbonyl (C=O) groups excluding carboxylic acids is 1. The Hall–Kier alpha value is -2.60. The highest BCUT2D eigenvalue weighted by atomic mass is 32.1. The average molecular weight is 370 g/mol. The lowest BCUT2D eigenvalue weighted by Crippen LogP contribution is -2.10. The van der Waals surface area contributed by atoms with Crippen molar-refractivity contribution < 1.29 is 13.9 Å². The van der Waals surface area contributed by atoms with Crippen LogP contribution in [-0.4, -0.2) is 10.9 Å². The first-order valence-corrected chi connectivity index (χ1v) is 9.31. The van der Waals surface area contributed by atoms with Crippen molar-refractivity contribution in [2.75, 3.05) is 5.32 Å². The highest BCUT2D eigenvalue weighted by molar-refractivity contribution is 7.15. The van der Waals surface area contributed by atoms with E-state index < -0.39 is 0 Å². The molecule has 0 saturated carbocycles. The van der Waals surface area contributed by atoms with E-state index in [4.69, 9.17) is 9.15 Å². The van der Waals surface area contributed by atoms with Crippen molar-refractivity contribution in [3.05, 3.63) is 64.1 Å². The molecule has 0 bridgehead atoms. The summed E-state index contributed by atoms with van der Waals surface area (Å²) in [5.41, 5.74) is 2.18. The second kappa shape index (κ2) is 7.74. The number of aromatic nitrogens is 1. The molecular formula is C20H22N2O3S. The molecule has 0 atom stereocenters. The fourth-order valence-electron chi connectivity index (χ4n) is 2.37. The van der Waals surface area contributed by atoms with Gasteiger partial charge in [-0.25, -0.2) is 4.98 Å². The number of thiazole rings is 1. The van der Waals surface area contributed by atoms with E-state index in [1.807, 2.05) is 26.0 Å². The van der Waals surface area contributed by atoms with Crippen molar-refractivity contribution >= 4 is 22.4 Å². The maximum atomic E-state index is 12.2. The van der Waals surface area contributed by atoms with E-state index in [2.05, 4.69) is 36.3 Å². The standard InChI is InChI=1S/C20H22N2O3S/c1-12(2)15-5-7-16(8-6-15)24-11-17-9-10-18(25-17)19(23)22-20-21-13(3)14(4)26-20/h5-10,12H,11H2,1-4H3,(H,21,22,23). The molecule has 0 aliphatic carbocycles. The third-order valence-electron chi connectivity index (χ3n) is 4.06. The molecule has 0 saturated heterocycles. The number of hydrogen-bond donors (Lipinski definition) is 1. The topological polar surface area (TPSA) is 64.4 Å². The maximum absolute atomic E-state index is 12.2. The third kappa shape index (κ3) is 4.32. The lowest BCUT2D eigenvalue weighted by Gasteiger charge is -2.07. The Kier molecular flexibility index (Phi) is 5.42. The number of amides is 1. The highest BCUT2D eigenvalue weighted by Gasteiger charge is 2.14. The lowest BCUT2D eigenvalue weighted by molar-refractivity contribution is 0.0992. The van der Waals surface area contributed by atoms with Gasteiger partial charge in [-0.1, -0.05) is 26.0 Å². The van der Waals surface area contributed by atoms with Crippen LogP contribution < -0.4 is 10.1 Å². The molecule has 2 aromatic heterocycles. The number of furan rings is 1. The van der Waals surface area contributed by atoms with Crippen LogP contribution in [0, 0.1) is 13.8 Å². The van der Waals surface area contributed by atoms with Crippen LogP contribution in [0.25, 0.3) is 0 Å². The van der Waals surface area contributed by atoms with Crippen LogP contribution in [-0.2, 0) is 6.61 Å². The van der Waals surface area contributed by atoms with E-state index in [0.717, 1.165) is 16.3 Å². The molecule has 0 fully saturated rings. The molecule has 0 unspecified atom stereocenters. The number of ether oxygens (including phenoxy) is 1. The van der Waals surface area contributed by atoms with Crippen LogP contribution >= 0.6 is 11.3 Å². The van der Waals surface area contributed by atoms with E-state index in [1.165, 1.54) is 16.9 Å². The van der Waals surface area contributed by atoms with E-state index in [0.29, 0.717) is 16.8 Å². The monoisotopic (exact) mass is 370 g/mol. The van der Waals surface area contributed by atoms with E-state index >= 15 is 0 Å². The van der Waals surface area contributed by atoms with Crippen molar-refractivity contribution in [3.8, 4) is 5.75 Å². The van der Waals surface area contributed by atoms with Crippen LogP contribution in [0.1, 0.15) is 52.2 Å². The number of rotatable bonds is 6. The van der Waals surface area contributed by atoms with E-state index in [1.54, 1.807) is 12.1 Å². The van der Waals surface area contributed by atoms with E-state index in [-0.39, 0.29) is 18.3 Å². The minimum Gasteiger partial charge on any atom is -0.486 e. The van der Waals surface area contributed by atoms with Crippen LogP contribution in [0.5, 0.6) is 5.75 Å². The Bertz CT molecular complexity index is 875. The summed E-state index contributed by atoms with van der Waals surface area (Å²) in [7, 11) is 0. The summed E-state index contributed by atoms with van der Waals surface area (Å²) in [5.74, 6) is 1.77. The second-order valence-electron chi connectivity index (χ2n) is 6.39. The highest BCUT2D eigenvalue weighted by Crippen LogP contribution is 2.23. The molecule has 1 aromatic carbocycles. The van der Waals surface area contributed by atoms with Gasteiger partial charge < -0.3 is 9.15 Å². The van der Waals surface area contributed by atoms with Crippen molar-refractivity contribution in [1.29, 1.82) is 0 Å². The number of nitrogens with zero attached hydrogens (tertiary/aromatic N) is 1. The predicted molar refractivity (Wildman–Crippen MR) is 103 cm³/mol. The Morgan fingerprint density at radius 1 is 1.19 bits per heavy atom. The molecule has 2 heterocycles. The van der Waals surface area contributed by atoms with Crippen LogP contribution in [0.15, 0.2) is 40.8 Å². The van der Waals surface area contributed by atoms with E-state index in [9.17, 15) is 4.79 Å². The molecule has 1 N–H and O–H groups in total. The molecule has 0 aliphatic heterocycles. The molecule has 3 aromatic rings. The van der Waals surface area contributed by atoms with Crippen molar-refractivity contribution in [2.45, 2.75) is 40.2 Å². The Morgan fingerprint density at radius 3 is 2.54 bits per heavy atom. The quantitative estimate of drug-likeness (QED) is 0.639. The van der Waals surface area contributed by atoms with Crippen LogP contribution in [0.4, 0.5) is 5.13 Å². The number of carbonyl (C=O) groups is 1. The van der Waals surface area contributed by atoms with Gasteiger partial charge in [0.2, 0.25) is 0 Å². The van der Waals surface area contributed by atoms with Gasteiger partial charge in [0.1, 0.15) is 18.1 Å². The first-order valence-electron chi connectivity index (χ1n) is 8.49. The number of anilines is 1. The Balaban J connectivity index is 1.57. The summed E-state index contributed by atoms with van der Waals surface area (Å²) in [6, 6.07) is 11.4. The van der Waals surface area contributed by atoms with Gasteiger partial charge in [-0.15, -0.1) is 11.3 Å². The molecule has 136 valence electrons. The molecule has 6 heteroatoms. The lowest BCUT2D eigenvalue weighted by atomic mass is 10.0. The minimum atomic E-state index is -0.314. The average Bonchev–Trinajstić information content (AvgIpc) is 3.20. The molecule has 3 rings (SSSR count). The molecule has 1 amide bonds. The molecular weight excluding hydrogens is 348 g/mol. The molecule has 5 nitrogen and oxygen atoms in total. The predicted octanol–water partition coefficient (Wildman–Crippen LogP) is 5.31. The van der Waals surface area contributed by atoms with Crippen molar-refractivity contribution in [1.82, 2.24) is 4.98 Å². The largest absolute Gasteiger partial charge is 0.486 e. The van der Waals surface area contributed by atoms with Gasteiger partial charge >= 0.3 is 0 Å². The zero-order valence-electron chi connectivity index (χ0n) is 15.3. The summed E-state index contributed by atoms with van der Waals surface area (Å²) in [6.07, 6.45) is 0. The Labute approximate surface area is 157 Å². The van der Waals surface area contributed by atoms with Crippen LogP contribution in [0.3, 0.4) is 0 Å². The van der Waals surface area contributed by atoms with Crippen molar-refractivity contribution in [2.24, 2.45) is 0 Å². The van der Waals surface area contributed by atoms with Gasteiger partial charge in [0.15, 0.2) is 10.9 Å². The second-order valence-corrected chi connectivity index (χ2v) is 7.60. The fraction of sp³-hybridized carbons (Fsp3) is 0.300. The summed E-state index contributed by atoms with van der Waals surface area (Å²) in [4.78, 5) is 17.6. The van der Waals surface area contributed by atoms with Crippen LogP contribution in [0.2, 0.25) is 0 Å². The normalized spacial score (nSPS) is 11.0. The molecule has 0 spiro atoms. The van der Waals surface area contributed by atoms with Gasteiger partial charge in [0.25, 0.3) is 5.91 Å². The maximum Gasteiger partial charge on any atom is 0.293 e. The SMILES string of the molecule is Cc1nc(NC(=O)c2ccc(COc3ccc(C(C)C)cc3)o2)sc1C. The third-order valence-corrected chi connectivity index (χ3v) is 5.05. The zero-order valence-corrected chi connectivity index (χ0v) is 16.1. The fourth-order valence-corrected chi connectivity index (χ4v) is 3.18. The number of benzene rings is 1. The Morgan fingerprint density at radius 2 is 1.92 bits per heavy atom. The zero-order chi connectivity index (χ0) is 18.7. The van der Waals surface area contributed by atoms with Gasteiger partial charge in [-0.05, 0) is 49.6 Å². The number of aryl methyl sites for hydroxylation is 2. The summed E-state index contributed by atoms with van der Waals surface area (Å²) < 4.78 is 11.3. The minimum absolute atomic E-state index is 0.240. The van der Waals surface area contributed by atoms with Gasteiger partial charge in [0, 0.05) is 4.88 Å². The number of nitrogens with one attached hydrogen (secondary N) is 1. The van der Waals surface area contributed by atoms with Crippen molar-refractivity contribution in [3.63, 3.8) is 0 Å². The first kappa shape index (κ1) is 18.2. The number of hydrogen-bond acceptors (Lipinski definition) is 5. The molecule has 26 heavy (non-hydrogen) atoms. The molecule has 0 aliphatic rings. The smallest absolute Gasteiger partial charge is 0.293 e. The van der Waals surface area contributed by atoms with Gasteiger partial charge in [-0.3, -0.25) is 10.1 Å². The molecule has 0 radical (unpaired) electrons. The van der Waals surface area contributed by atoms with Gasteiger partial charge in [0.05, 0.1) is 5.69 Å². The summed E-state index contributed by atoms with van der Waals surface area (Å²) >= 11 is 1.45.